The molecule has 0 aliphatic heterocycles. The van der Waals surface area contributed by atoms with Gasteiger partial charge in [0.05, 0.1) is 16.9 Å². The van der Waals surface area contributed by atoms with Gasteiger partial charge in [-0.25, -0.2) is 4.98 Å². The molecule has 0 fully saturated rings. The van der Waals surface area contributed by atoms with Crippen LogP contribution in [0.4, 0.5) is 0 Å². The van der Waals surface area contributed by atoms with Crippen molar-refractivity contribution in [3.05, 3.63) is 39.0 Å². The molecule has 0 spiro atoms. The van der Waals surface area contributed by atoms with Crippen molar-refractivity contribution in [1.82, 2.24) is 9.97 Å². The van der Waals surface area contributed by atoms with Crippen LogP contribution in [-0.2, 0) is 13.0 Å². The van der Waals surface area contributed by atoms with Crippen LogP contribution in [0, 0.1) is 0 Å². The number of aryl methyl sites for hydroxylation is 1. The van der Waals surface area contributed by atoms with Crippen LogP contribution in [0.25, 0.3) is 0 Å². The van der Waals surface area contributed by atoms with E-state index < -0.39 is 0 Å². The standard InChI is InChI=1S/C12H13BrN2OS/c1-2-3-12-15-10(8-17-12)7-16-11-4-9(13)5-14-6-11/h4-6,8H,2-3,7H2,1H3. The molecule has 90 valence electrons. The highest BCUT2D eigenvalue weighted by molar-refractivity contribution is 9.10. The molecule has 0 aromatic carbocycles. The number of thiazole rings is 1. The van der Waals surface area contributed by atoms with E-state index in [0.29, 0.717) is 6.61 Å². The molecule has 2 aromatic heterocycles. The van der Waals surface area contributed by atoms with E-state index in [1.807, 2.05) is 6.07 Å². The average Bonchev–Trinajstić information content (AvgIpc) is 2.75. The molecule has 0 aliphatic rings. The first-order valence-electron chi connectivity index (χ1n) is 5.44. The summed E-state index contributed by atoms with van der Waals surface area (Å²) >= 11 is 5.05. The van der Waals surface area contributed by atoms with Crippen LogP contribution in [0.5, 0.6) is 5.75 Å². The first-order valence-corrected chi connectivity index (χ1v) is 7.12. The second-order valence-corrected chi connectivity index (χ2v) is 5.47. The topological polar surface area (TPSA) is 35.0 Å². The summed E-state index contributed by atoms with van der Waals surface area (Å²) in [5, 5.41) is 3.23. The Morgan fingerprint density at radius 1 is 1.41 bits per heavy atom. The lowest BCUT2D eigenvalue weighted by Gasteiger charge is -2.03. The molecular formula is C12H13BrN2OS. The number of hydrogen-bond acceptors (Lipinski definition) is 4. The van der Waals surface area contributed by atoms with Gasteiger partial charge in [-0.1, -0.05) is 6.92 Å². The number of pyridine rings is 1. The number of halogens is 1. The van der Waals surface area contributed by atoms with E-state index in [2.05, 4.69) is 38.2 Å². The summed E-state index contributed by atoms with van der Waals surface area (Å²) in [5.41, 5.74) is 0.985. The molecule has 0 N–H and O–H groups in total. The van der Waals surface area contributed by atoms with Crippen molar-refractivity contribution in [2.45, 2.75) is 26.4 Å². The highest BCUT2D eigenvalue weighted by Crippen LogP contribution is 2.18. The maximum atomic E-state index is 5.62. The fourth-order valence-corrected chi connectivity index (χ4v) is 2.60. The summed E-state index contributed by atoms with van der Waals surface area (Å²) in [6.45, 7) is 2.66. The molecule has 0 saturated heterocycles. The molecule has 2 rings (SSSR count). The Labute approximate surface area is 113 Å². The molecular weight excluding hydrogens is 300 g/mol. The van der Waals surface area contributed by atoms with E-state index in [0.717, 1.165) is 28.8 Å². The predicted molar refractivity (Wildman–Crippen MR) is 72.4 cm³/mol. The van der Waals surface area contributed by atoms with E-state index in [-0.39, 0.29) is 0 Å². The second-order valence-electron chi connectivity index (χ2n) is 3.61. The van der Waals surface area contributed by atoms with Crippen LogP contribution < -0.4 is 4.74 Å². The van der Waals surface area contributed by atoms with Gasteiger partial charge in [0.15, 0.2) is 0 Å². The molecule has 3 nitrogen and oxygen atoms in total. The SMILES string of the molecule is CCCc1nc(COc2cncc(Br)c2)cs1. The zero-order valence-corrected chi connectivity index (χ0v) is 11.9. The summed E-state index contributed by atoms with van der Waals surface area (Å²) in [4.78, 5) is 8.54. The third-order valence-electron chi connectivity index (χ3n) is 2.13. The summed E-state index contributed by atoms with van der Waals surface area (Å²) in [6.07, 6.45) is 5.60. The monoisotopic (exact) mass is 312 g/mol. The van der Waals surface area contributed by atoms with Gasteiger partial charge in [0.2, 0.25) is 0 Å². The van der Waals surface area contributed by atoms with Crippen molar-refractivity contribution >= 4 is 27.3 Å². The minimum atomic E-state index is 0.498. The second kappa shape index (κ2) is 6.12. The lowest BCUT2D eigenvalue weighted by atomic mass is 10.3. The summed E-state index contributed by atoms with van der Waals surface area (Å²) < 4.78 is 6.53. The van der Waals surface area contributed by atoms with Crippen LogP contribution in [0.2, 0.25) is 0 Å². The van der Waals surface area contributed by atoms with Crippen molar-refractivity contribution in [2.24, 2.45) is 0 Å². The molecule has 0 aliphatic carbocycles. The number of rotatable bonds is 5. The van der Waals surface area contributed by atoms with Gasteiger partial charge in [-0.15, -0.1) is 11.3 Å². The van der Waals surface area contributed by atoms with E-state index in [1.165, 1.54) is 5.01 Å². The van der Waals surface area contributed by atoms with Gasteiger partial charge in [-0.2, -0.15) is 0 Å². The molecule has 0 bridgehead atoms. The summed E-state index contributed by atoms with van der Waals surface area (Å²) in [7, 11) is 0. The van der Waals surface area contributed by atoms with Crippen molar-refractivity contribution in [3.8, 4) is 5.75 Å². The molecule has 5 heteroatoms. The zero-order valence-electron chi connectivity index (χ0n) is 9.52. The van der Waals surface area contributed by atoms with E-state index >= 15 is 0 Å². The molecule has 0 radical (unpaired) electrons. The minimum Gasteiger partial charge on any atom is -0.486 e. The Kier molecular flexibility index (Phi) is 4.50. The van der Waals surface area contributed by atoms with Gasteiger partial charge in [0.1, 0.15) is 12.4 Å². The van der Waals surface area contributed by atoms with Crippen molar-refractivity contribution < 1.29 is 4.74 Å². The maximum Gasteiger partial charge on any atom is 0.139 e. The lowest BCUT2D eigenvalue weighted by molar-refractivity contribution is 0.300. The van der Waals surface area contributed by atoms with Gasteiger partial charge >= 0.3 is 0 Å². The zero-order chi connectivity index (χ0) is 12.1. The number of hydrogen-bond donors (Lipinski definition) is 0. The summed E-state index contributed by atoms with van der Waals surface area (Å²) in [6, 6.07) is 1.90. The molecule has 0 amide bonds. The van der Waals surface area contributed by atoms with Crippen molar-refractivity contribution in [1.29, 1.82) is 0 Å². The minimum absolute atomic E-state index is 0.498. The average molecular weight is 313 g/mol. The van der Waals surface area contributed by atoms with Gasteiger partial charge in [0.25, 0.3) is 0 Å². The van der Waals surface area contributed by atoms with Crippen LogP contribution in [-0.4, -0.2) is 9.97 Å². The Balaban J connectivity index is 1.93. The van der Waals surface area contributed by atoms with Crippen LogP contribution in [0.3, 0.4) is 0 Å². The fourth-order valence-electron chi connectivity index (χ4n) is 1.37. The maximum absolute atomic E-state index is 5.62. The van der Waals surface area contributed by atoms with Crippen molar-refractivity contribution in [2.75, 3.05) is 0 Å². The van der Waals surface area contributed by atoms with Crippen LogP contribution >= 0.6 is 27.3 Å². The molecule has 0 unspecified atom stereocenters. The van der Waals surface area contributed by atoms with Gasteiger partial charge in [0, 0.05) is 16.0 Å². The van der Waals surface area contributed by atoms with Gasteiger partial charge < -0.3 is 4.74 Å². The molecule has 0 saturated carbocycles. The number of nitrogens with zero attached hydrogens (tertiary/aromatic N) is 2. The van der Waals surface area contributed by atoms with Crippen molar-refractivity contribution in [3.63, 3.8) is 0 Å². The van der Waals surface area contributed by atoms with E-state index in [4.69, 9.17) is 4.74 Å². The van der Waals surface area contributed by atoms with Crippen LogP contribution in [0.1, 0.15) is 24.0 Å². The first-order chi connectivity index (χ1) is 8.28. The third kappa shape index (κ3) is 3.78. The normalized spacial score (nSPS) is 10.5. The molecule has 2 aromatic rings. The van der Waals surface area contributed by atoms with E-state index in [1.54, 1.807) is 23.7 Å². The highest BCUT2D eigenvalue weighted by Gasteiger charge is 2.02. The first kappa shape index (κ1) is 12.5. The molecule has 0 atom stereocenters. The number of ether oxygens (including phenoxy) is 1. The quantitative estimate of drug-likeness (QED) is 0.841. The predicted octanol–water partition coefficient (Wildman–Crippen LogP) is 3.83. The Hall–Kier alpha value is -0.940. The highest BCUT2D eigenvalue weighted by atomic mass is 79.9. The molecule has 2 heterocycles. The largest absolute Gasteiger partial charge is 0.486 e. The number of aromatic nitrogens is 2. The fraction of sp³-hybridized carbons (Fsp3) is 0.333. The van der Waals surface area contributed by atoms with E-state index in [9.17, 15) is 0 Å². The Morgan fingerprint density at radius 3 is 3.06 bits per heavy atom. The Morgan fingerprint density at radius 2 is 2.29 bits per heavy atom. The van der Waals surface area contributed by atoms with Gasteiger partial charge in [-0.05, 0) is 34.8 Å². The molecule has 17 heavy (non-hydrogen) atoms. The lowest BCUT2D eigenvalue weighted by Crippen LogP contribution is -1.96. The van der Waals surface area contributed by atoms with Gasteiger partial charge in [-0.3, -0.25) is 4.98 Å². The smallest absolute Gasteiger partial charge is 0.139 e. The van der Waals surface area contributed by atoms with Crippen LogP contribution in [0.15, 0.2) is 28.3 Å². The third-order valence-corrected chi connectivity index (χ3v) is 3.52. The Bertz CT molecular complexity index is 487. The summed E-state index contributed by atoms with van der Waals surface area (Å²) in [5.74, 6) is 0.754.